The molecule has 0 radical (unpaired) electrons. The van der Waals surface area contributed by atoms with Crippen molar-refractivity contribution < 1.29 is 4.79 Å². The normalized spacial score (nSPS) is 14.7. The van der Waals surface area contributed by atoms with Gasteiger partial charge in [0.15, 0.2) is 0 Å². The summed E-state index contributed by atoms with van der Waals surface area (Å²) in [5.74, 6) is 0.552. The topological polar surface area (TPSA) is 35.6 Å². The molecule has 0 saturated carbocycles. The van der Waals surface area contributed by atoms with Crippen molar-refractivity contribution in [1.29, 1.82) is 0 Å². The van der Waals surface area contributed by atoms with Gasteiger partial charge in [0.1, 0.15) is 0 Å². The van der Waals surface area contributed by atoms with Crippen LogP contribution in [-0.2, 0) is 0 Å². The molecule has 0 bridgehead atoms. The number of amides is 2. The van der Waals surface area contributed by atoms with Gasteiger partial charge >= 0.3 is 6.03 Å². The average Bonchev–Trinajstić information content (AvgIpc) is 2.64. The highest BCUT2D eigenvalue weighted by Gasteiger charge is 2.21. The summed E-state index contributed by atoms with van der Waals surface area (Å²) in [5.41, 5.74) is 4.64. The fraction of sp³-hybridized carbons (Fsp3) is 0.381. The number of carbonyl (C=O) groups excluding carboxylic acids is 1. The Morgan fingerprint density at radius 3 is 2.08 bits per heavy atom. The molecule has 2 amide bonds. The van der Waals surface area contributed by atoms with Crippen LogP contribution in [0, 0.1) is 6.92 Å². The Bertz CT molecular complexity index is 699. The number of nitrogens with one attached hydrogen (secondary N) is 1. The quantitative estimate of drug-likeness (QED) is 0.897. The maximum atomic E-state index is 12.4. The fourth-order valence-electron chi connectivity index (χ4n) is 3.08. The lowest BCUT2D eigenvalue weighted by molar-refractivity contribution is 0.208. The number of nitrogens with zero attached hydrogens (tertiary/aromatic N) is 2. The van der Waals surface area contributed by atoms with Crippen LogP contribution in [0.5, 0.6) is 0 Å². The van der Waals surface area contributed by atoms with Crippen LogP contribution in [0.4, 0.5) is 16.2 Å². The molecule has 3 rings (SSSR count). The highest BCUT2D eigenvalue weighted by Crippen LogP contribution is 2.21. The van der Waals surface area contributed by atoms with E-state index in [4.69, 9.17) is 0 Å². The number of carbonyl (C=O) groups is 1. The van der Waals surface area contributed by atoms with Crippen LogP contribution in [0.15, 0.2) is 48.5 Å². The van der Waals surface area contributed by atoms with Crippen molar-refractivity contribution in [3.8, 4) is 0 Å². The number of hydrogen-bond acceptors (Lipinski definition) is 2. The minimum absolute atomic E-state index is 0.0151. The van der Waals surface area contributed by atoms with Crippen LogP contribution in [0.2, 0.25) is 0 Å². The third-order valence-electron chi connectivity index (χ3n) is 4.79. The summed E-state index contributed by atoms with van der Waals surface area (Å²) in [6.45, 7) is 9.66. The van der Waals surface area contributed by atoms with Gasteiger partial charge in [-0.25, -0.2) is 4.79 Å². The van der Waals surface area contributed by atoms with Crippen molar-refractivity contribution in [2.24, 2.45) is 0 Å². The second-order valence-electron chi connectivity index (χ2n) is 7.02. The van der Waals surface area contributed by atoms with Crippen molar-refractivity contribution in [2.75, 3.05) is 36.4 Å². The van der Waals surface area contributed by atoms with Gasteiger partial charge in [0.05, 0.1) is 0 Å². The summed E-state index contributed by atoms with van der Waals surface area (Å²) < 4.78 is 0. The summed E-state index contributed by atoms with van der Waals surface area (Å²) in [5, 5.41) is 2.98. The van der Waals surface area contributed by atoms with E-state index in [2.05, 4.69) is 48.3 Å². The Morgan fingerprint density at radius 1 is 0.920 bits per heavy atom. The fourth-order valence-corrected chi connectivity index (χ4v) is 3.08. The molecule has 1 aliphatic rings. The molecule has 1 heterocycles. The summed E-state index contributed by atoms with van der Waals surface area (Å²) in [7, 11) is 0. The Kier molecular flexibility index (Phi) is 5.27. The lowest BCUT2D eigenvalue weighted by atomic mass is 10.0. The minimum atomic E-state index is -0.0151. The molecule has 2 aromatic carbocycles. The van der Waals surface area contributed by atoms with Crippen LogP contribution in [0.3, 0.4) is 0 Å². The Hall–Kier alpha value is -2.49. The summed E-state index contributed by atoms with van der Waals surface area (Å²) in [6, 6.07) is 16.7. The second kappa shape index (κ2) is 7.60. The van der Waals surface area contributed by atoms with Crippen LogP contribution >= 0.6 is 0 Å². The largest absolute Gasteiger partial charge is 0.368 e. The predicted molar refractivity (Wildman–Crippen MR) is 105 cm³/mol. The molecule has 4 heteroatoms. The zero-order chi connectivity index (χ0) is 17.8. The van der Waals surface area contributed by atoms with E-state index >= 15 is 0 Å². The van der Waals surface area contributed by atoms with Gasteiger partial charge in [-0.2, -0.15) is 0 Å². The van der Waals surface area contributed by atoms with Gasteiger partial charge in [-0.05, 0) is 42.7 Å². The number of aryl methyl sites for hydroxylation is 1. The third-order valence-corrected chi connectivity index (χ3v) is 4.79. The smallest absolute Gasteiger partial charge is 0.321 e. The molecule has 0 atom stereocenters. The lowest BCUT2D eigenvalue weighted by Gasteiger charge is -2.36. The molecule has 4 nitrogen and oxygen atoms in total. The summed E-state index contributed by atoms with van der Waals surface area (Å²) in [4.78, 5) is 16.6. The zero-order valence-electron chi connectivity index (χ0n) is 15.3. The van der Waals surface area contributed by atoms with Gasteiger partial charge in [0.2, 0.25) is 0 Å². The molecule has 0 spiro atoms. The predicted octanol–water partition coefficient (Wildman–Crippen LogP) is 4.47. The van der Waals surface area contributed by atoms with E-state index in [-0.39, 0.29) is 6.03 Å². The van der Waals surface area contributed by atoms with E-state index in [0.717, 1.165) is 31.9 Å². The van der Waals surface area contributed by atoms with Crippen LogP contribution in [0.1, 0.15) is 30.9 Å². The van der Waals surface area contributed by atoms with Gasteiger partial charge in [0, 0.05) is 37.6 Å². The molecule has 1 aliphatic heterocycles. The Balaban J connectivity index is 1.54. The molecule has 0 aromatic heterocycles. The number of hydrogen-bond donors (Lipinski definition) is 1. The molecule has 132 valence electrons. The Labute approximate surface area is 150 Å². The van der Waals surface area contributed by atoms with E-state index in [0.29, 0.717) is 5.92 Å². The number of piperazine rings is 1. The van der Waals surface area contributed by atoms with E-state index in [1.54, 1.807) is 0 Å². The van der Waals surface area contributed by atoms with E-state index in [1.165, 1.54) is 16.8 Å². The molecule has 2 aromatic rings. The molecule has 1 fully saturated rings. The monoisotopic (exact) mass is 337 g/mol. The van der Waals surface area contributed by atoms with Crippen molar-refractivity contribution in [3.05, 3.63) is 59.7 Å². The van der Waals surface area contributed by atoms with Crippen molar-refractivity contribution in [3.63, 3.8) is 0 Å². The molecule has 25 heavy (non-hydrogen) atoms. The maximum Gasteiger partial charge on any atom is 0.321 e. The maximum absolute atomic E-state index is 12.4. The molecule has 0 unspecified atom stereocenters. The second-order valence-corrected chi connectivity index (χ2v) is 7.02. The number of benzene rings is 2. The Morgan fingerprint density at radius 2 is 1.52 bits per heavy atom. The van der Waals surface area contributed by atoms with Crippen molar-refractivity contribution >= 4 is 17.4 Å². The van der Waals surface area contributed by atoms with Crippen LogP contribution < -0.4 is 10.2 Å². The van der Waals surface area contributed by atoms with Gasteiger partial charge in [-0.3, -0.25) is 0 Å². The molecule has 0 aliphatic carbocycles. The molecular weight excluding hydrogens is 310 g/mol. The molecular formula is C21H27N3O. The van der Waals surface area contributed by atoms with E-state index < -0.39 is 0 Å². The SMILES string of the molecule is Cc1ccc(NC(=O)N2CCN(c3ccc(C(C)C)cc3)CC2)cc1. The first-order chi connectivity index (χ1) is 12.0. The standard InChI is InChI=1S/C21H27N3O/c1-16(2)18-6-10-20(11-7-18)23-12-14-24(15-13-23)21(25)22-19-8-4-17(3)5-9-19/h4-11,16H,12-15H2,1-3H3,(H,22,25). The zero-order valence-corrected chi connectivity index (χ0v) is 15.3. The summed E-state index contributed by atoms with van der Waals surface area (Å²) >= 11 is 0. The molecule has 1 saturated heterocycles. The highest BCUT2D eigenvalue weighted by molar-refractivity contribution is 5.89. The van der Waals surface area contributed by atoms with Gasteiger partial charge in [-0.1, -0.05) is 43.7 Å². The summed E-state index contributed by atoms with van der Waals surface area (Å²) in [6.07, 6.45) is 0. The minimum Gasteiger partial charge on any atom is -0.368 e. The highest BCUT2D eigenvalue weighted by atomic mass is 16.2. The number of urea groups is 1. The third kappa shape index (κ3) is 4.32. The van der Waals surface area contributed by atoms with E-state index in [1.807, 2.05) is 36.1 Å². The first kappa shape index (κ1) is 17.3. The van der Waals surface area contributed by atoms with Gasteiger partial charge in [0.25, 0.3) is 0 Å². The number of anilines is 2. The van der Waals surface area contributed by atoms with Crippen molar-refractivity contribution in [2.45, 2.75) is 26.7 Å². The van der Waals surface area contributed by atoms with Crippen LogP contribution in [-0.4, -0.2) is 37.1 Å². The first-order valence-electron chi connectivity index (χ1n) is 9.00. The first-order valence-corrected chi connectivity index (χ1v) is 9.00. The van der Waals surface area contributed by atoms with Gasteiger partial charge < -0.3 is 15.1 Å². The van der Waals surface area contributed by atoms with Crippen LogP contribution in [0.25, 0.3) is 0 Å². The number of rotatable bonds is 3. The lowest BCUT2D eigenvalue weighted by Crippen LogP contribution is -2.50. The van der Waals surface area contributed by atoms with Gasteiger partial charge in [-0.15, -0.1) is 0 Å². The van der Waals surface area contributed by atoms with Crippen molar-refractivity contribution in [1.82, 2.24) is 4.90 Å². The average molecular weight is 337 g/mol. The molecule has 1 N–H and O–H groups in total. The van der Waals surface area contributed by atoms with E-state index in [9.17, 15) is 4.79 Å².